The fraction of sp³-hybridized carbons (Fsp3) is 0.429. The van der Waals surface area contributed by atoms with Crippen LogP contribution in [0.4, 0.5) is 11.4 Å². The normalized spacial score (nSPS) is 13.3. The van der Waals surface area contributed by atoms with Crippen LogP contribution < -0.4 is 10.2 Å². The Kier molecular flexibility index (Phi) is 4.62. The molecule has 0 aromatic heterocycles. The molecule has 1 aromatic carbocycles. The van der Waals surface area contributed by atoms with Gasteiger partial charge in [-0.2, -0.15) is 0 Å². The van der Waals surface area contributed by atoms with Gasteiger partial charge in [-0.3, -0.25) is 9.59 Å². The Morgan fingerprint density at radius 1 is 1.25 bits per heavy atom. The maximum Gasteiger partial charge on any atom is 0.296 e. The lowest BCUT2D eigenvalue weighted by molar-refractivity contribution is -0.112. The molecule has 0 spiro atoms. The van der Waals surface area contributed by atoms with Gasteiger partial charge in [-0.25, -0.2) is 0 Å². The van der Waals surface area contributed by atoms with Crippen LogP contribution in [-0.2, 0) is 4.79 Å². The summed E-state index contributed by atoms with van der Waals surface area (Å²) in [5, 5.41) is 11.7. The van der Waals surface area contributed by atoms with Gasteiger partial charge in [0, 0.05) is 20.2 Å². The Labute approximate surface area is 122 Å². The summed E-state index contributed by atoms with van der Waals surface area (Å²) in [4.78, 5) is 24.9. The number of anilines is 2. The number of carbonyl (C=O) groups excluding carboxylic acids is 2. The second kappa shape index (κ2) is 6.24. The van der Waals surface area contributed by atoms with Gasteiger partial charge in [-0.1, -0.05) is 11.6 Å². The van der Waals surface area contributed by atoms with Gasteiger partial charge >= 0.3 is 0 Å². The lowest BCUT2D eigenvalue weighted by Gasteiger charge is -2.21. The van der Waals surface area contributed by atoms with E-state index in [4.69, 9.17) is 16.7 Å². The van der Waals surface area contributed by atoms with E-state index in [1.807, 2.05) is 11.9 Å². The van der Waals surface area contributed by atoms with Crippen molar-refractivity contribution in [1.29, 1.82) is 0 Å². The first-order chi connectivity index (χ1) is 9.54. The number of aliphatic hydroxyl groups excluding tert-OH is 1. The van der Waals surface area contributed by atoms with Crippen LogP contribution in [0.25, 0.3) is 0 Å². The van der Waals surface area contributed by atoms with Crippen LogP contribution >= 0.6 is 11.6 Å². The molecule has 108 valence electrons. The molecule has 20 heavy (non-hydrogen) atoms. The molecule has 1 amide bonds. The van der Waals surface area contributed by atoms with Gasteiger partial charge in [0.2, 0.25) is 0 Å². The first kappa shape index (κ1) is 14.8. The first-order valence-corrected chi connectivity index (χ1v) is 6.93. The van der Waals surface area contributed by atoms with Crippen molar-refractivity contribution in [3.05, 3.63) is 22.7 Å². The molecule has 5 nitrogen and oxygen atoms in total. The van der Waals surface area contributed by atoms with Gasteiger partial charge in [0.25, 0.3) is 11.7 Å². The molecule has 0 bridgehead atoms. The predicted octanol–water partition coefficient (Wildman–Crippen LogP) is 2.07. The number of ketones is 1. The molecule has 6 heteroatoms. The number of unbranched alkanes of at least 4 members (excludes halogenated alkanes) is 2. The van der Waals surface area contributed by atoms with Gasteiger partial charge in [-0.15, -0.1) is 0 Å². The predicted molar refractivity (Wildman–Crippen MR) is 78.6 cm³/mol. The molecule has 1 aromatic rings. The number of aliphatic hydroxyl groups is 1. The minimum atomic E-state index is -0.612. The number of halogens is 1. The highest BCUT2D eigenvalue weighted by Gasteiger charge is 2.29. The molecule has 2 N–H and O–H groups in total. The molecule has 2 rings (SSSR count). The third kappa shape index (κ3) is 2.94. The van der Waals surface area contributed by atoms with E-state index in [0.29, 0.717) is 16.3 Å². The smallest absolute Gasteiger partial charge is 0.296 e. The lowest BCUT2D eigenvalue weighted by atomic mass is 10.1. The van der Waals surface area contributed by atoms with E-state index in [1.165, 1.54) is 6.07 Å². The van der Waals surface area contributed by atoms with E-state index in [1.54, 1.807) is 6.07 Å². The summed E-state index contributed by atoms with van der Waals surface area (Å²) in [6, 6.07) is 3.27. The molecule has 1 aliphatic rings. The summed E-state index contributed by atoms with van der Waals surface area (Å²) in [7, 11) is 1.91. The second-order valence-corrected chi connectivity index (χ2v) is 5.25. The number of nitrogens with one attached hydrogen (secondary N) is 1. The number of fused-ring (bicyclic) bond motifs is 1. The van der Waals surface area contributed by atoms with Gasteiger partial charge in [-0.05, 0) is 31.4 Å². The maximum absolute atomic E-state index is 11.6. The molecule has 0 atom stereocenters. The molecule has 0 saturated heterocycles. The van der Waals surface area contributed by atoms with E-state index < -0.39 is 11.7 Å². The molecular weight excluding hydrogens is 280 g/mol. The second-order valence-electron chi connectivity index (χ2n) is 4.84. The quantitative estimate of drug-likeness (QED) is 0.623. The van der Waals surface area contributed by atoms with Crippen LogP contribution in [0, 0.1) is 0 Å². The number of nitrogens with zero attached hydrogens (tertiary/aromatic N) is 1. The molecule has 0 saturated carbocycles. The number of Topliss-reactive ketones (excluding diaryl/α,β-unsaturated/α-hetero) is 1. The van der Waals surface area contributed by atoms with Crippen LogP contribution in [0.2, 0.25) is 5.02 Å². The molecular formula is C14H17ClN2O3. The minimum Gasteiger partial charge on any atom is -0.396 e. The van der Waals surface area contributed by atoms with E-state index >= 15 is 0 Å². The van der Waals surface area contributed by atoms with Crippen molar-refractivity contribution < 1.29 is 14.7 Å². The van der Waals surface area contributed by atoms with Crippen molar-refractivity contribution >= 4 is 34.7 Å². The third-order valence-corrected chi connectivity index (χ3v) is 3.65. The standard InChI is InChI=1S/C14H17ClN2O3/c1-17(5-3-2-4-6-18)12-8-11-9(7-10(12)15)13(19)14(20)16-11/h7-8,18H,2-6H2,1H3,(H,16,19,20). The van der Waals surface area contributed by atoms with Gasteiger partial charge in [0.1, 0.15) is 0 Å². The van der Waals surface area contributed by atoms with Crippen LogP contribution in [-0.4, -0.2) is 37.0 Å². The molecule has 1 heterocycles. The topological polar surface area (TPSA) is 69.6 Å². The Hall–Kier alpha value is -1.59. The molecule has 0 unspecified atom stereocenters. The van der Waals surface area contributed by atoms with Gasteiger partial charge < -0.3 is 15.3 Å². The van der Waals surface area contributed by atoms with Crippen LogP contribution in [0.1, 0.15) is 29.6 Å². The average Bonchev–Trinajstić information content (AvgIpc) is 2.69. The highest BCUT2D eigenvalue weighted by molar-refractivity contribution is 6.52. The van der Waals surface area contributed by atoms with E-state index in [9.17, 15) is 9.59 Å². The largest absolute Gasteiger partial charge is 0.396 e. The monoisotopic (exact) mass is 296 g/mol. The summed E-state index contributed by atoms with van der Waals surface area (Å²) >= 11 is 6.18. The average molecular weight is 297 g/mol. The highest BCUT2D eigenvalue weighted by Crippen LogP contribution is 2.34. The SMILES string of the molecule is CN(CCCCCO)c1cc2c(cc1Cl)C(=O)C(=O)N2. The summed E-state index contributed by atoms with van der Waals surface area (Å²) in [5.41, 5.74) is 1.63. The van der Waals surface area contributed by atoms with Crippen molar-refractivity contribution in [1.82, 2.24) is 0 Å². The van der Waals surface area contributed by atoms with Crippen molar-refractivity contribution in [2.24, 2.45) is 0 Å². The van der Waals surface area contributed by atoms with Crippen molar-refractivity contribution in [2.75, 3.05) is 30.4 Å². The van der Waals surface area contributed by atoms with Crippen LogP contribution in [0.15, 0.2) is 12.1 Å². The number of hydrogen-bond acceptors (Lipinski definition) is 4. The lowest BCUT2D eigenvalue weighted by Crippen LogP contribution is -2.19. The Morgan fingerprint density at radius 3 is 2.70 bits per heavy atom. The maximum atomic E-state index is 11.6. The van der Waals surface area contributed by atoms with Crippen LogP contribution in [0.5, 0.6) is 0 Å². The number of rotatable bonds is 6. The summed E-state index contributed by atoms with van der Waals surface area (Å²) in [6.45, 7) is 0.998. The van der Waals surface area contributed by atoms with Crippen molar-refractivity contribution in [3.63, 3.8) is 0 Å². The number of amides is 1. The zero-order valence-electron chi connectivity index (χ0n) is 11.3. The van der Waals surface area contributed by atoms with Crippen molar-refractivity contribution in [3.8, 4) is 0 Å². The van der Waals surface area contributed by atoms with Crippen molar-refractivity contribution in [2.45, 2.75) is 19.3 Å². The zero-order valence-corrected chi connectivity index (χ0v) is 12.0. The van der Waals surface area contributed by atoms with Gasteiger partial charge in [0.15, 0.2) is 0 Å². The fourth-order valence-electron chi connectivity index (χ4n) is 2.21. The molecule has 0 aliphatic carbocycles. The third-order valence-electron chi connectivity index (χ3n) is 3.35. The Bertz CT molecular complexity index is 545. The highest BCUT2D eigenvalue weighted by atomic mass is 35.5. The Balaban J connectivity index is 2.11. The van der Waals surface area contributed by atoms with E-state index in [0.717, 1.165) is 31.5 Å². The summed E-state index contributed by atoms with van der Waals surface area (Å²) in [5.74, 6) is -1.15. The number of benzene rings is 1. The Morgan fingerprint density at radius 2 is 2.00 bits per heavy atom. The number of hydrogen-bond donors (Lipinski definition) is 2. The summed E-state index contributed by atoms with van der Waals surface area (Å²) < 4.78 is 0. The fourth-order valence-corrected chi connectivity index (χ4v) is 2.51. The van der Waals surface area contributed by atoms with Crippen LogP contribution in [0.3, 0.4) is 0 Å². The number of carbonyl (C=O) groups is 2. The minimum absolute atomic E-state index is 0.206. The first-order valence-electron chi connectivity index (χ1n) is 6.56. The zero-order chi connectivity index (χ0) is 14.7. The van der Waals surface area contributed by atoms with E-state index in [-0.39, 0.29) is 6.61 Å². The molecule has 0 radical (unpaired) electrons. The van der Waals surface area contributed by atoms with Gasteiger partial charge in [0.05, 0.1) is 22.0 Å². The summed E-state index contributed by atoms with van der Waals surface area (Å²) in [6.07, 6.45) is 2.67. The molecule has 0 fully saturated rings. The molecule has 1 aliphatic heterocycles. The van der Waals surface area contributed by atoms with E-state index in [2.05, 4.69) is 5.32 Å².